The molecule has 0 aliphatic carbocycles. The Balaban J connectivity index is 2.19. The Morgan fingerprint density at radius 3 is 2.45 bits per heavy atom. The zero-order valence-corrected chi connectivity index (χ0v) is 12.6. The third-order valence-corrected chi connectivity index (χ3v) is 4.23. The Hall–Kier alpha value is -1.39. The number of rotatable bonds is 4. The van der Waals surface area contributed by atoms with Crippen LogP contribution in [-0.2, 0) is 9.53 Å². The zero-order valence-electron chi connectivity index (χ0n) is 12.6. The van der Waals surface area contributed by atoms with E-state index >= 15 is 0 Å². The van der Waals surface area contributed by atoms with Gasteiger partial charge in [-0.15, -0.1) is 0 Å². The monoisotopic (exact) mass is 277 g/mol. The Morgan fingerprint density at radius 1 is 1.30 bits per heavy atom. The SMILES string of the molecule is Cc1cc(C)cc(C(C)N(C)C2COCC2C(=O)O)c1. The van der Waals surface area contributed by atoms with E-state index in [0.717, 1.165) is 0 Å². The molecule has 110 valence electrons. The summed E-state index contributed by atoms with van der Waals surface area (Å²) >= 11 is 0. The second kappa shape index (κ2) is 5.94. The molecule has 0 bridgehead atoms. The number of nitrogens with zero attached hydrogens (tertiary/aromatic N) is 1. The van der Waals surface area contributed by atoms with Crippen LogP contribution in [0.4, 0.5) is 0 Å². The maximum Gasteiger partial charge on any atom is 0.310 e. The van der Waals surface area contributed by atoms with Crippen molar-refractivity contribution in [1.82, 2.24) is 4.90 Å². The summed E-state index contributed by atoms with van der Waals surface area (Å²) in [6.45, 7) is 7.09. The van der Waals surface area contributed by atoms with Gasteiger partial charge in [-0.05, 0) is 33.4 Å². The highest BCUT2D eigenvalue weighted by molar-refractivity contribution is 5.71. The van der Waals surface area contributed by atoms with Crippen molar-refractivity contribution in [2.45, 2.75) is 32.9 Å². The van der Waals surface area contributed by atoms with Crippen molar-refractivity contribution in [2.24, 2.45) is 5.92 Å². The van der Waals surface area contributed by atoms with Crippen LogP contribution in [0.25, 0.3) is 0 Å². The van der Waals surface area contributed by atoms with Crippen LogP contribution in [0, 0.1) is 19.8 Å². The molecule has 3 unspecified atom stereocenters. The molecular weight excluding hydrogens is 254 g/mol. The fourth-order valence-electron chi connectivity index (χ4n) is 2.95. The molecule has 0 radical (unpaired) electrons. The van der Waals surface area contributed by atoms with E-state index in [0.29, 0.717) is 13.2 Å². The van der Waals surface area contributed by atoms with Crippen molar-refractivity contribution in [3.05, 3.63) is 34.9 Å². The van der Waals surface area contributed by atoms with Crippen LogP contribution in [0.1, 0.15) is 29.7 Å². The number of ether oxygens (including phenoxy) is 1. The highest BCUT2D eigenvalue weighted by Crippen LogP contribution is 2.28. The number of carboxylic acid groups (broad SMARTS) is 1. The van der Waals surface area contributed by atoms with Crippen LogP contribution < -0.4 is 0 Å². The molecule has 1 aromatic rings. The molecule has 1 aliphatic rings. The third kappa shape index (κ3) is 3.02. The number of hydrogen-bond acceptors (Lipinski definition) is 3. The minimum absolute atomic E-state index is 0.0664. The maximum atomic E-state index is 11.3. The predicted octanol–water partition coefficient (Wildman–Crippen LogP) is 2.40. The molecule has 4 nitrogen and oxygen atoms in total. The highest BCUT2D eigenvalue weighted by atomic mass is 16.5. The smallest absolute Gasteiger partial charge is 0.310 e. The largest absolute Gasteiger partial charge is 0.481 e. The molecule has 1 aromatic carbocycles. The zero-order chi connectivity index (χ0) is 14.9. The molecule has 1 saturated heterocycles. The second-order valence-corrected chi connectivity index (χ2v) is 5.81. The molecule has 1 heterocycles. The quantitative estimate of drug-likeness (QED) is 0.918. The Bertz CT molecular complexity index is 480. The maximum absolute atomic E-state index is 11.3. The van der Waals surface area contributed by atoms with Gasteiger partial charge in [0.2, 0.25) is 0 Å². The van der Waals surface area contributed by atoms with Gasteiger partial charge in [0.05, 0.1) is 19.1 Å². The molecule has 1 N–H and O–H groups in total. The molecule has 20 heavy (non-hydrogen) atoms. The van der Waals surface area contributed by atoms with Crippen molar-refractivity contribution >= 4 is 5.97 Å². The average molecular weight is 277 g/mol. The summed E-state index contributed by atoms with van der Waals surface area (Å²) in [7, 11) is 1.98. The molecule has 4 heteroatoms. The van der Waals surface area contributed by atoms with Gasteiger partial charge in [0.1, 0.15) is 0 Å². The molecule has 1 aliphatic heterocycles. The number of likely N-dealkylation sites (N-methyl/N-ethyl adjacent to an activating group) is 1. The third-order valence-electron chi connectivity index (χ3n) is 4.23. The first-order valence-electron chi connectivity index (χ1n) is 7.01. The summed E-state index contributed by atoms with van der Waals surface area (Å²) in [5.41, 5.74) is 3.69. The lowest BCUT2D eigenvalue weighted by Crippen LogP contribution is -2.42. The van der Waals surface area contributed by atoms with Gasteiger partial charge in [0.25, 0.3) is 0 Å². The van der Waals surface area contributed by atoms with E-state index in [1.54, 1.807) is 0 Å². The lowest BCUT2D eigenvalue weighted by Gasteiger charge is -2.32. The topological polar surface area (TPSA) is 49.8 Å². The number of benzene rings is 1. The van der Waals surface area contributed by atoms with Crippen molar-refractivity contribution in [3.63, 3.8) is 0 Å². The minimum Gasteiger partial charge on any atom is -0.481 e. The highest BCUT2D eigenvalue weighted by Gasteiger charge is 2.38. The van der Waals surface area contributed by atoms with Crippen molar-refractivity contribution < 1.29 is 14.6 Å². The number of hydrogen-bond donors (Lipinski definition) is 1. The van der Waals surface area contributed by atoms with Crippen LogP contribution in [0.15, 0.2) is 18.2 Å². The molecule has 0 spiro atoms. The number of carbonyl (C=O) groups is 1. The lowest BCUT2D eigenvalue weighted by atomic mass is 9.97. The summed E-state index contributed by atoms with van der Waals surface area (Å²) in [4.78, 5) is 13.4. The van der Waals surface area contributed by atoms with Crippen molar-refractivity contribution in [1.29, 1.82) is 0 Å². The summed E-state index contributed by atoms with van der Waals surface area (Å²) in [6, 6.07) is 6.58. The van der Waals surface area contributed by atoms with Gasteiger partial charge in [-0.1, -0.05) is 29.3 Å². The van der Waals surface area contributed by atoms with Crippen molar-refractivity contribution in [3.8, 4) is 0 Å². The van der Waals surface area contributed by atoms with Gasteiger partial charge in [-0.2, -0.15) is 0 Å². The summed E-state index contributed by atoms with van der Waals surface area (Å²) in [5.74, 6) is -1.21. The summed E-state index contributed by atoms with van der Waals surface area (Å²) in [5, 5.41) is 9.27. The molecular formula is C16H23NO3. The van der Waals surface area contributed by atoms with Gasteiger partial charge in [0.15, 0.2) is 0 Å². The van der Waals surface area contributed by atoms with Gasteiger partial charge < -0.3 is 9.84 Å². The van der Waals surface area contributed by atoms with Crippen LogP contribution in [0.2, 0.25) is 0 Å². The van der Waals surface area contributed by atoms with E-state index in [1.165, 1.54) is 16.7 Å². The van der Waals surface area contributed by atoms with E-state index in [2.05, 4.69) is 43.9 Å². The first kappa shape index (κ1) is 15.0. The number of aliphatic carboxylic acids is 1. The molecule has 2 rings (SSSR count). The van der Waals surface area contributed by atoms with E-state index in [1.807, 2.05) is 7.05 Å². The van der Waals surface area contributed by atoms with E-state index in [4.69, 9.17) is 4.74 Å². The second-order valence-electron chi connectivity index (χ2n) is 5.81. The Morgan fingerprint density at radius 2 is 1.90 bits per heavy atom. The molecule has 0 saturated carbocycles. The molecule has 0 amide bonds. The van der Waals surface area contributed by atoms with E-state index in [9.17, 15) is 9.90 Å². The average Bonchev–Trinajstić information content (AvgIpc) is 2.85. The minimum atomic E-state index is -0.771. The van der Waals surface area contributed by atoms with Gasteiger partial charge >= 0.3 is 5.97 Å². The lowest BCUT2D eigenvalue weighted by molar-refractivity contribution is -0.143. The fraction of sp³-hybridized carbons (Fsp3) is 0.562. The normalized spacial score (nSPS) is 24.1. The van der Waals surface area contributed by atoms with Crippen LogP contribution in [0.3, 0.4) is 0 Å². The number of carboxylic acids is 1. The first-order chi connectivity index (χ1) is 9.40. The number of aryl methyl sites for hydroxylation is 2. The Kier molecular flexibility index (Phi) is 4.45. The van der Waals surface area contributed by atoms with Crippen molar-refractivity contribution in [2.75, 3.05) is 20.3 Å². The standard InChI is InChI=1S/C16H23NO3/c1-10-5-11(2)7-13(6-10)12(3)17(4)15-9-20-8-14(15)16(18)19/h5-7,12,14-15H,8-9H2,1-4H3,(H,18,19). The van der Waals surface area contributed by atoms with E-state index in [-0.39, 0.29) is 12.1 Å². The summed E-state index contributed by atoms with van der Waals surface area (Å²) < 4.78 is 5.36. The van der Waals surface area contributed by atoms with Crippen LogP contribution in [0.5, 0.6) is 0 Å². The first-order valence-corrected chi connectivity index (χ1v) is 7.01. The fourth-order valence-corrected chi connectivity index (χ4v) is 2.95. The van der Waals surface area contributed by atoms with Gasteiger partial charge in [0, 0.05) is 12.1 Å². The summed E-state index contributed by atoms with van der Waals surface area (Å²) in [6.07, 6.45) is 0. The van der Waals surface area contributed by atoms with Crippen LogP contribution in [-0.4, -0.2) is 42.3 Å². The van der Waals surface area contributed by atoms with E-state index < -0.39 is 11.9 Å². The predicted molar refractivity (Wildman–Crippen MR) is 77.8 cm³/mol. The molecule has 0 aromatic heterocycles. The van der Waals surface area contributed by atoms with Crippen LogP contribution >= 0.6 is 0 Å². The van der Waals surface area contributed by atoms with Gasteiger partial charge in [-0.25, -0.2) is 0 Å². The molecule has 1 fully saturated rings. The van der Waals surface area contributed by atoms with Gasteiger partial charge in [-0.3, -0.25) is 9.69 Å². The molecule has 3 atom stereocenters. The Labute approximate surface area is 120 Å².